The van der Waals surface area contributed by atoms with Crippen molar-refractivity contribution in [3.8, 4) is 0 Å². The van der Waals surface area contributed by atoms with Gasteiger partial charge in [-0.3, -0.25) is 4.79 Å². The van der Waals surface area contributed by atoms with Gasteiger partial charge in [-0.2, -0.15) is 0 Å². The first-order valence-electron chi connectivity index (χ1n) is 4.62. The Kier molecular flexibility index (Phi) is 2.84. The molecule has 1 nitrogen and oxygen atoms in total. The Balaban J connectivity index is 2.74. The third-order valence-electron chi connectivity index (χ3n) is 2.24. The molecule has 0 unspecified atom stereocenters. The molecule has 0 amide bonds. The van der Waals surface area contributed by atoms with Crippen LogP contribution in [-0.2, 0) is 4.79 Å². The predicted molar refractivity (Wildman–Crippen MR) is 64.1 cm³/mol. The van der Waals surface area contributed by atoms with E-state index in [-0.39, 0.29) is 0 Å². The summed E-state index contributed by atoms with van der Waals surface area (Å²) in [6, 6.07) is 11.6. The zero-order valence-electron chi connectivity index (χ0n) is 7.98. The molecule has 15 heavy (non-hydrogen) atoms. The van der Waals surface area contributed by atoms with Crippen LogP contribution in [-0.4, -0.2) is 6.29 Å². The maximum absolute atomic E-state index is 10.3. The zero-order chi connectivity index (χ0) is 10.7. The van der Waals surface area contributed by atoms with Gasteiger partial charge in [0.05, 0.1) is 0 Å². The molecule has 2 heteroatoms. The highest BCUT2D eigenvalue weighted by atomic mass is 35.5. The van der Waals surface area contributed by atoms with Crippen LogP contribution in [0.4, 0.5) is 0 Å². The summed E-state index contributed by atoms with van der Waals surface area (Å²) in [5.74, 6) is 0. The summed E-state index contributed by atoms with van der Waals surface area (Å²) in [5.41, 5.74) is 0.963. The van der Waals surface area contributed by atoms with Gasteiger partial charge < -0.3 is 0 Å². The van der Waals surface area contributed by atoms with Crippen molar-refractivity contribution in [2.24, 2.45) is 0 Å². The van der Waals surface area contributed by atoms with E-state index in [4.69, 9.17) is 11.6 Å². The second-order valence-corrected chi connectivity index (χ2v) is 3.59. The number of aldehydes is 1. The molecular weight excluding hydrogens is 208 g/mol. The minimum atomic E-state index is 0.707. The lowest BCUT2D eigenvalue weighted by molar-refractivity contribution is -0.104. The van der Waals surface area contributed by atoms with Crippen LogP contribution in [0.5, 0.6) is 0 Å². The number of hydrogen-bond donors (Lipinski definition) is 0. The van der Waals surface area contributed by atoms with E-state index in [9.17, 15) is 4.79 Å². The third-order valence-corrected chi connectivity index (χ3v) is 2.56. The summed E-state index contributed by atoms with van der Waals surface area (Å²) in [6.45, 7) is 0. The molecule has 0 aliphatic carbocycles. The molecule has 0 heterocycles. The van der Waals surface area contributed by atoms with Crippen molar-refractivity contribution < 1.29 is 4.79 Å². The summed E-state index contributed by atoms with van der Waals surface area (Å²) in [5, 5.41) is 2.77. The average Bonchev–Trinajstić information content (AvgIpc) is 2.26. The Morgan fingerprint density at radius 3 is 2.53 bits per heavy atom. The molecule has 0 fully saturated rings. The maximum Gasteiger partial charge on any atom is 0.142 e. The lowest BCUT2D eigenvalue weighted by Crippen LogP contribution is -1.79. The van der Waals surface area contributed by atoms with Gasteiger partial charge in [0.15, 0.2) is 0 Å². The molecule has 0 aromatic heterocycles. The molecule has 74 valence electrons. The van der Waals surface area contributed by atoms with Gasteiger partial charge in [-0.25, -0.2) is 0 Å². The SMILES string of the molecule is O=CC=Cc1cccc2cccc(Cl)c12. The van der Waals surface area contributed by atoms with Crippen molar-refractivity contribution in [2.75, 3.05) is 0 Å². The number of carbonyl (C=O) groups excluding carboxylic acids is 1. The number of carbonyl (C=O) groups is 1. The molecule has 2 rings (SSSR count). The molecule has 0 saturated carbocycles. The largest absolute Gasteiger partial charge is 0.299 e. The van der Waals surface area contributed by atoms with Gasteiger partial charge in [0.25, 0.3) is 0 Å². The van der Waals surface area contributed by atoms with Gasteiger partial charge in [-0.05, 0) is 23.1 Å². The van der Waals surface area contributed by atoms with E-state index in [1.54, 1.807) is 6.08 Å². The molecule has 2 aromatic carbocycles. The highest BCUT2D eigenvalue weighted by molar-refractivity contribution is 6.36. The second-order valence-electron chi connectivity index (χ2n) is 3.18. The Labute approximate surface area is 93.0 Å². The van der Waals surface area contributed by atoms with Crippen molar-refractivity contribution in [3.63, 3.8) is 0 Å². The quantitative estimate of drug-likeness (QED) is 0.553. The third kappa shape index (κ3) is 1.92. The van der Waals surface area contributed by atoms with Crippen LogP contribution in [0, 0.1) is 0 Å². The lowest BCUT2D eigenvalue weighted by atomic mass is 10.0. The summed E-state index contributed by atoms with van der Waals surface area (Å²) in [4.78, 5) is 10.3. The predicted octanol–water partition coefficient (Wildman–Crippen LogP) is 3.71. The van der Waals surface area contributed by atoms with Crippen LogP contribution in [0.15, 0.2) is 42.5 Å². The molecule has 2 aromatic rings. The van der Waals surface area contributed by atoms with Crippen LogP contribution in [0.3, 0.4) is 0 Å². The van der Waals surface area contributed by atoms with Crippen LogP contribution in [0.2, 0.25) is 5.02 Å². The average molecular weight is 217 g/mol. The highest BCUT2D eigenvalue weighted by Crippen LogP contribution is 2.27. The van der Waals surface area contributed by atoms with Crippen molar-refractivity contribution in [1.29, 1.82) is 0 Å². The van der Waals surface area contributed by atoms with Gasteiger partial charge in [-0.1, -0.05) is 48.0 Å². The number of benzene rings is 2. The molecule has 0 aliphatic rings. The second kappa shape index (κ2) is 4.28. The first-order valence-corrected chi connectivity index (χ1v) is 5.00. The number of fused-ring (bicyclic) bond motifs is 1. The van der Waals surface area contributed by atoms with Crippen molar-refractivity contribution in [2.45, 2.75) is 0 Å². The van der Waals surface area contributed by atoms with Crippen molar-refractivity contribution in [3.05, 3.63) is 53.1 Å². The Morgan fingerprint density at radius 2 is 1.80 bits per heavy atom. The van der Waals surface area contributed by atoms with E-state index >= 15 is 0 Å². The van der Waals surface area contributed by atoms with E-state index < -0.39 is 0 Å². The van der Waals surface area contributed by atoms with Gasteiger partial charge in [0, 0.05) is 10.4 Å². The van der Waals surface area contributed by atoms with Gasteiger partial charge in [0.1, 0.15) is 6.29 Å². The summed E-state index contributed by atoms with van der Waals surface area (Å²) >= 11 is 6.12. The number of allylic oxidation sites excluding steroid dienone is 1. The van der Waals surface area contributed by atoms with E-state index in [1.807, 2.05) is 36.4 Å². The molecule has 0 aliphatic heterocycles. The molecule has 0 spiro atoms. The monoisotopic (exact) mass is 216 g/mol. The molecular formula is C13H9ClO. The summed E-state index contributed by atoms with van der Waals surface area (Å²) in [7, 11) is 0. The van der Waals surface area contributed by atoms with E-state index in [0.29, 0.717) is 5.02 Å². The van der Waals surface area contributed by atoms with Gasteiger partial charge in [0.2, 0.25) is 0 Å². The highest BCUT2D eigenvalue weighted by Gasteiger charge is 2.01. The Bertz CT molecular complexity index is 524. The van der Waals surface area contributed by atoms with Crippen LogP contribution in [0.1, 0.15) is 5.56 Å². The van der Waals surface area contributed by atoms with Gasteiger partial charge >= 0.3 is 0 Å². The van der Waals surface area contributed by atoms with Crippen LogP contribution in [0.25, 0.3) is 16.8 Å². The standard InChI is InChI=1S/C13H9ClO/c14-12-8-2-6-10-4-1-5-11(13(10)12)7-3-9-15/h1-9H. The number of hydrogen-bond acceptors (Lipinski definition) is 1. The number of halogens is 1. The lowest BCUT2D eigenvalue weighted by Gasteiger charge is -2.03. The van der Waals surface area contributed by atoms with Crippen LogP contribution >= 0.6 is 11.6 Å². The first kappa shape index (κ1) is 9.94. The Morgan fingerprint density at radius 1 is 1.07 bits per heavy atom. The topological polar surface area (TPSA) is 17.1 Å². The van der Waals surface area contributed by atoms with Crippen LogP contribution < -0.4 is 0 Å². The molecule has 0 radical (unpaired) electrons. The number of rotatable bonds is 2. The zero-order valence-corrected chi connectivity index (χ0v) is 8.74. The summed E-state index contributed by atoms with van der Waals surface area (Å²) < 4.78 is 0. The fourth-order valence-electron chi connectivity index (χ4n) is 1.60. The van der Waals surface area contributed by atoms with E-state index in [1.165, 1.54) is 6.08 Å². The smallest absolute Gasteiger partial charge is 0.142 e. The molecule has 0 saturated heterocycles. The van der Waals surface area contributed by atoms with Gasteiger partial charge in [-0.15, -0.1) is 0 Å². The molecule has 0 atom stereocenters. The molecule has 0 N–H and O–H groups in total. The summed E-state index contributed by atoms with van der Waals surface area (Å²) in [6.07, 6.45) is 4.00. The van der Waals surface area contributed by atoms with Crippen molar-refractivity contribution >= 4 is 34.7 Å². The van der Waals surface area contributed by atoms with Crippen molar-refractivity contribution in [1.82, 2.24) is 0 Å². The minimum Gasteiger partial charge on any atom is -0.299 e. The van der Waals surface area contributed by atoms with E-state index in [2.05, 4.69) is 0 Å². The normalized spacial score (nSPS) is 11.0. The fraction of sp³-hybridized carbons (Fsp3) is 0. The molecule has 0 bridgehead atoms. The minimum absolute atomic E-state index is 0.707. The van der Waals surface area contributed by atoms with E-state index in [0.717, 1.165) is 22.6 Å². The first-order chi connectivity index (χ1) is 7.33. The Hall–Kier alpha value is -1.60. The maximum atomic E-state index is 10.3. The fourth-order valence-corrected chi connectivity index (χ4v) is 1.90.